The summed E-state index contributed by atoms with van der Waals surface area (Å²) in [5.41, 5.74) is 6.96. The fourth-order valence-corrected chi connectivity index (χ4v) is 3.89. The number of H-pyrrole nitrogens is 1. The number of rotatable bonds is 7. The van der Waals surface area contributed by atoms with Crippen molar-refractivity contribution in [3.05, 3.63) is 35.8 Å². The molecule has 164 valence electrons. The highest BCUT2D eigenvalue weighted by molar-refractivity contribution is 6.36. The van der Waals surface area contributed by atoms with E-state index < -0.39 is 0 Å². The van der Waals surface area contributed by atoms with E-state index in [1.165, 1.54) is 12.3 Å². The number of amides is 1. The number of piperidine rings is 1. The van der Waals surface area contributed by atoms with Crippen LogP contribution in [0.3, 0.4) is 0 Å². The lowest BCUT2D eigenvalue weighted by Crippen LogP contribution is -2.49. The first-order valence-electron chi connectivity index (χ1n) is 10.4. The first kappa shape index (κ1) is 21.2. The number of hydrogen-bond acceptors (Lipinski definition) is 7. The van der Waals surface area contributed by atoms with Crippen LogP contribution >= 0.6 is 11.6 Å². The number of aromatic amines is 1. The van der Waals surface area contributed by atoms with E-state index in [1.807, 2.05) is 4.90 Å². The Morgan fingerprint density at radius 2 is 2.19 bits per heavy atom. The Bertz CT molecular complexity index is 1040. The van der Waals surface area contributed by atoms with Crippen LogP contribution < -0.4 is 16.4 Å². The highest BCUT2D eigenvalue weighted by Gasteiger charge is 2.28. The number of allylic oxidation sites excluding steroid dienone is 1. The molecule has 0 bridgehead atoms. The summed E-state index contributed by atoms with van der Waals surface area (Å²) in [7, 11) is 0. The lowest BCUT2D eigenvalue weighted by molar-refractivity contribution is -0.129. The molecule has 0 radical (unpaired) electrons. The molecule has 1 aliphatic carbocycles. The van der Waals surface area contributed by atoms with Gasteiger partial charge >= 0.3 is 0 Å². The van der Waals surface area contributed by atoms with Crippen molar-refractivity contribution in [1.29, 1.82) is 0 Å². The van der Waals surface area contributed by atoms with Crippen LogP contribution in [-0.4, -0.2) is 56.6 Å². The fraction of sp³-hybridized carbons (Fsp3) is 0.429. The van der Waals surface area contributed by atoms with Crippen molar-refractivity contribution in [2.75, 3.05) is 17.2 Å². The summed E-state index contributed by atoms with van der Waals surface area (Å²) in [5.74, 6) is 0.900. The Labute approximate surface area is 185 Å². The van der Waals surface area contributed by atoms with Gasteiger partial charge in [0.15, 0.2) is 0 Å². The van der Waals surface area contributed by atoms with Crippen molar-refractivity contribution in [2.45, 2.75) is 50.7 Å². The maximum absolute atomic E-state index is 12.2. The van der Waals surface area contributed by atoms with Crippen LogP contribution in [0.5, 0.6) is 0 Å². The number of carbonyl (C=O) groups is 1. The summed E-state index contributed by atoms with van der Waals surface area (Å²) in [6.45, 7) is 6.22. The van der Waals surface area contributed by atoms with Gasteiger partial charge in [0.25, 0.3) is 0 Å². The summed E-state index contributed by atoms with van der Waals surface area (Å²) in [6, 6.07) is 0.581. The quantitative estimate of drug-likeness (QED) is 0.386. The van der Waals surface area contributed by atoms with Gasteiger partial charge in [-0.05, 0) is 38.7 Å². The fourth-order valence-electron chi connectivity index (χ4n) is 3.65. The molecule has 2 aromatic heterocycles. The minimum absolute atomic E-state index is 0.0259. The minimum Gasteiger partial charge on any atom is -0.403 e. The van der Waals surface area contributed by atoms with Crippen molar-refractivity contribution >= 4 is 46.5 Å². The van der Waals surface area contributed by atoms with Crippen LogP contribution in [-0.2, 0) is 4.79 Å². The molecule has 0 aromatic carbocycles. The molecule has 2 fully saturated rings. The van der Waals surface area contributed by atoms with Gasteiger partial charge in [0.05, 0.1) is 22.1 Å². The van der Waals surface area contributed by atoms with Crippen LogP contribution in [0.25, 0.3) is 11.0 Å². The predicted molar refractivity (Wildman–Crippen MR) is 124 cm³/mol. The van der Waals surface area contributed by atoms with Crippen LogP contribution in [0.4, 0.5) is 11.8 Å². The smallest absolute Gasteiger partial charge is 0.246 e. The van der Waals surface area contributed by atoms with Crippen LogP contribution in [0.1, 0.15) is 32.6 Å². The zero-order valence-corrected chi connectivity index (χ0v) is 18.2. The standard InChI is InChI=1S/C21H27ClN8O/c1-3-17(31)30-11-14(5-4-12(30)2)26-20-18-16(22)10-25-19(18)28-21(29-20)27-15(8-23)9-24-13-6-7-13/h3,8-10,12-14H,1,4-7,11,23H2,2H3,(H3,25,26,27,28,29)/t12-,14+/m0/s1. The molecule has 1 saturated heterocycles. The zero-order valence-electron chi connectivity index (χ0n) is 17.4. The molecule has 31 heavy (non-hydrogen) atoms. The Balaban J connectivity index is 1.58. The van der Waals surface area contributed by atoms with Crippen molar-refractivity contribution in [3.63, 3.8) is 0 Å². The number of nitrogens with zero attached hydrogens (tertiary/aromatic N) is 4. The average molecular weight is 443 g/mol. The number of nitrogens with two attached hydrogens (primary N) is 1. The van der Waals surface area contributed by atoms with Gasteiger partial charge in [0.1, 0.15) is 11.5 Å². The summed E-state index contributed by atoms with van der Waals surface area (Å²) in [6.07, 6.45) is 10.2. The molecule has 4 rings (SSSR count). The van der Waals surface area contributed by atoms with Crippen LogP contribution in [0, 0.1) is 0 Å². The first-order chi connectivity index (χ1) is 15.0. The molecule has 2 aliphatic rings. The van der Waals surface area contributed by atoms with Gasteiger partial charge in [-0.1, -0.05) is 18.2 Å². The van der Waals surface area contributed by atoms with Crippen molar-refractivity contribution in [3.8, 4) is 0 Å². The third kappa shape index (κ3) is 4.82. The number of halogens is 1. The lowest BCUT2D eigenvalue weighted by atomic mass is 9.99. The number of aromatic nitrogens is 3. The second kappa shape index (κ2) is 8.97. The first-order valence-corrected chi connectivity index (χ1v) is 10.8. The number of fused-ring (bicyclic) bond motifs is 1. The molecule has 9 nitrogen and oxygen atoms in total. The normalized spacial score (nSPS) is 22.1. The average Bonchev–Trinajstić information content (AvgIpc) is 3.53. The summed E-state index contributed by atoms with van der Waals surface area (Å²) in [5, 5.41) is 7.81. The molecular formula is C21H27ClN8O. The van der Waals surface area contributed by atoms with E-state index >= 15 is 0 Å². The summed E-state index contributed by atoms with van der Waals surface area (Å²) < 4.78 is 0. The molecule has 0 spiro atoms. The molecule has 1 amide bonds. The molecule has 5 N–H and O–H groups in total. The molecule has 1 saturated carbocycles. The minimum atomic E-state index is -0.0680. The molecule has 0 unspecified atom stereocenters. The number of anilines is 2. The van der Waals surface area contributed by atoms with Gasteiger partial charge < -0.3 is 26.3 Å². The van der Waals surface area contributed by atoms with Gasteiger partial charge in [-0.2, -0.15) is 9.97 Å². The Kier molecular flexibility index (Phi) is 6.13. The Hall–Kier alpha value is -3.07. The lowest BCUT2D eigenvalue weighted by Gasteiger charge is -2.38. The topological polar surface area (TPSA) is 124 Å². The predicted octanol–water partition coefficient (Wildman–Crippen LogP) is 3.03. The van der Waals surface area contributed by atoms with Crippen LogP contribution in [0.15, 0.2) is 35.7 Å². The Morgan fingerprint density at radius 1 is 1.39 bits per heavy atom. The number of nitrogens with one attached hydrogen (secondary N) is 3. The molecule has 2 aromatic rings. The van der Waals surface area contributed by atoms with E-state index in [4.69, 9.17) is 17.3 Å². The molecule has 10 heteroatoms. The van der Waals surface area contributed by atoms with Gasteiger partial charge in [0, 0.05) is 37.2 Å². The van der Waals surface area contributed by atoms with Crippen molar-refractivity contribution in [1.82, 2.24) is 19.9 Å². The van der Waals surface area contributed by atoms with E-state index in [0.717, 1.165) is 25.7 Å². The SMILES string of the molecule is C=CC(=O)N1C[C@H](Nc2nc(NC(C=NC3CC3)=CN)nc3[nH]cc(Cl)c23)CC[C@@H]1C. The second-order valence-corrected chi connectivity index (χ2v) is 8.38. The third-order valence-electron chi connectivity index (χ3n) is 5.57. The third-order valence-corrected chi connectivity index (χ3v) is 5.87. The van der Waals surface area contributed by atoms with Crippen molar-refractivity contribution in [2.24, 2.45) is 10.7 Å². The number of carbonyl (C=O) groups excluding carboxylic acids is 1. The summed E-state index contributed by atoms with van der Waals surface area (Å²) >= 11 is 6.40. The van der Waals surface area contributed by atoms with E-state index in [1.54, 1.807) is 12.4 Å². The van der Waals surface area contributed by atoms with E-state index in [9.17, 15) is 4.79 Å². The highest BCUT2D eigenvalue weighted by Crippen LogP contribution is 2.31. The van der Waals surface area contributed by atoms with E-state index in [-0.39, 0.29) is 18.0 Å². The molecular weight excluding hydrogens is 416 g/mol. The maximum Gasteiger partial charge on any atom is 0.246 e. The molecule has 1 aliphatic heterocycles. The second-order valence-electron chi connectivity index (χ2n) is 7.97. The zero-order chi connectivity index (χ0) is 22.0. The number of hydrogen-bond donors (Lipinski definition) is 4. The van der Waals surface area contributed by atoms with Gasteiger partial charge in [-0.25, -0.2) is 0 Å². The molecule has 2 atom stereocenters. The van der Waals surface area contributed by atoms with Gasteiger partial charge in [0.2, 0.25) is 11.9 Å². The summed E-state index contributed by atoms with van der Waals surface area (Å²) in [4.78, 5) is 30.7. The van der Waals surface area contributed by atoms with E-state index in [0.29, 0.717) is 46.1 Å². The maximum atomic E-state index is 12.2. The number of aliphatic imine (C=N–C) groups is 1. The number of likely N-dealkylation sites (tertiary alicyclic amines) is 1. The molecule has 3 heterocycles. The van der Waals surface area contributed by atoms with Gasteiger partial charge in [-0.15, -0.1) is 0 Å². The van der Waals surface area contributed by atoms with Crippen LogP contribution in [0.2, 0.25) is 5.02 Å². The van der Waals surface area contributed by atoms with Crippen molar-refractivity contribution < 1.29 is 4.79 Å². The highest BCUT2D eigenvalue weighted by atomic mass is 35.5. The van der Waals surface area contributed by atoms with Gasteiger partial charge in [-0.3, -0.25) is 9.79 Å². The van der Waals surface area contributed by atoms with E-state index in [2.05, 4.69) is 44.1 Å². The Morgan fingerprint density at radius 3 is 2.90 bits per heavy atom. The largest absolute Gasteiger partial charge is 0.403 e. The monoisotopic (exact) mass is 442 g/mol.